The first-order chi connectivity index (χ1) is 19.2. The van der Waals surface area contributed by atoms with Crippen LogP contribution >= 0.6 is 0 Å². The average molecular weight is 521 g/mol. The van der Waals surface area contributed by atoms with Gasteiger partial charge in [0.1, 0.15) is 5.69 Å². The van der Waals surface area contributed by atoms with E-state index in [0.717, 1.165) is 44.0 Å². The van der Waals surface area contributed by atoms with Crippen LogP contribution < -0.4 is 4.90 Å². The molecule has 1 saturated heterocycles. The van der Waals surface area contributed by atoms with Gasteiger partial charge in [0.15, 0.2) is 12.1 Å². The van der Waals surface area contributed by atoms with Gasteiger partial charge in [-0.15, -0.1) is 0 Å². The molecule has 1 aromatic carbocycles. The minimum Gasteiger partial charge on any atom is -0.353 e. The number of rotatable bonds is 8. The number of aromatic nitrogens is 5. The standard InChI is InChI=1S/C30H32N8O/c1-36-16-18-37(19-17-36)20-21-39-29-26-5-3-2-4-24(26)22-38(29)30-33-15-11-27(35-30)28-32-14-10-25(34-28)7-6-23-8-12-31-13-9-23/h2-15,29H,16-22H2,1H3/b7-6+. The van der Waals surface area contributed by atoms with Crippen molar-refractivity contribution in [2.45, 2.75) is 12.8 Å². The highest BCUT2D eigenvalue weighted by Crippen LogP contribution is 2.37. The molecular formula is C30H32N8O. The quantitative estimate of drug-likeness (QED) is 0.345. The summed E-state index contributed by atoms with van der Waals surface area (Å²) < 4.78 is 6.51. The lowest BCUT2D eigenvalue weighted by Crippen LogP contribution is -2.45. The molecule has 9 heteroatoms. The average Bonchev–Trinajstić information content (AvgIpc) is 3.36. The van der Waals surface area contributed by atoms with Gasteiger partial charge in [0.05, 0.1) is 12.3 Å². The van der Waals surface area contributed by atoms with E-state index in [2.05, 4.69) is 61.0 Å². The molecule has 3 aromatic heterocycles. The second-order valence-corrected chi connectivity index (χ2v) is 9.86. The Hall–Kier alpha value is -4.05. The molecule has 2 aliphatic rings. The molecule has 4 aromatic rings. The van der Waals surface area contributed by atoms with Gasteiger partial charge in [-0.05, 0) is 48.5 Å². The van der Waals surface area contributed by atoms with Crippen LogP contribution in [0.5, 0.6) is 0 Å². The second kappa shape index (κ2) is 11.8. The summed E-state index contributed by atoms with van der Waals surface area (Å²) in [6, 6.07) is 16.1. The van der Waals surface area contributed by atoms with Crippen LogP contribution in [0.3, 0.4) is 0 Å². The van der Waals surface area contributed by atoms with Crippen LogP contribution in [0.15, 0.2) is 73.3 Å². The van der Waals surface area contributed by atoms with Crippen molar-refractivity contribution >= 4 is 18.1 Å². The SMILES string of the molecule is CN1CCN(CCOC2c3ccccc3CN2c2nccc(-c3nccc(/C=C/c4ccncc4)n3)n2)CC1. The highest BCUT2D eigenvalue weighted by molar-refractivity contribution is 5.68. The Kier molecular flexibility index (Phi) is 7.62. The third-order valence-electron chi connectivity index (χ3n) is 7.18. The van der Waals surface area contributed by atoms with E-state index in [1.807, 2.05) is 36.4 Å². The normalized spacial score (nSPS) is 18.1. The van der Waals surface area contributed by atoms with E-state index >= 15 is 0 Å². The van der Waals surface area contributed by atoms with E-state index < -0.39 is 0 Å². The Morgan fingerprint density at radius 1 is 0.872 bits per heavy atom. The summed E-state index contributed by atoms with van der Waals surface area (Å²) in [5.74, 6) is 1.16. The minimum absolute atomic E-state index is 0.237. The molecule has 39 heavy (non-hydrogen) atoms. The highest BCUT2D eigenvalue weighted by Gasteiger charge is 2.33. The zero-order valence-corrected chi connectivity index (χ0v) is 22.1. The largest absolute Gasteiger partial charge is 0.353 e. The van der Waals surface area contributed by atoms with Crippen molar-refractivity contribution in [3.05, 3.63) is 95.7 Å². The molecule has 6 rings (SSSR count). The summed E-state index contributed by atoms with van der Waals surface area (Å²) in [6.45, 7) is 6.60. The smallest absolute Gasteiger partial charge is 0.228 e. The molecule has 1 unspecified atom stereocenters. The number of piperazine rings is 1. The number of ether oxygens (including phenoxy) is 1. The Bertz CT molecular complexity index is 1420. The van der Waals surface area contributed by atoms with Crippen LogP contribution in [0.1, 0.15) is 28.6 Å². The summed E-state index contributed by atoms with van der Waals surface area (Å²) in [6.07, 6.45) is 10.8. The molecular weight excluding hydrogens is 488 g/mol. The summed E-state index contributed by atoms with van der Waals surface area (Å²) in [5.41, 5.74) is 4.93. The fourth-order valence-electron chi connectivity index (χ4n) is 4.93. The maximum atomic E-state index is 6.51. The fourth-order valence-corrected chi connectivity index (χ4v) is 4.93. The molecule has 0 saturated carbocycles. The van der Waals surface area contributed by atoms with Gasteiger partial charge in [-0.2, -0.15) is 0 Å². The van der Waals surface area contributed by atoms with Gasteiger partial charge in [0.2, 0.25) is 5.95 Å². The number of hydrogen-bond donors (Lipinski definition) is 0. The lowest BCUT2D eigenvalue weighted by molar-refractivity contribution is 0.0302. The van der Waals surface area contributed by atoms with Crippen molar-refractivity contribution in [1.82, 2.24) is 34.7 Å². The summed E-state index contributed by atoms with van der Waals surface area (Å²) in [7, 11) is 2.18. The molecule has 198 valence electrons. The van der Waals surface area contributed by atoms with Gasteiger partial charge < -0.3 is 14.5 Å². The molecule has 0 aliphatic carbocycles. The fraction of sp³-hybridized carbons (Fsp3) is 0.300. The third-order valence-corrected chi connectivity index (χ3v) is 7.18. The van der Waals surface area contributed by atoms with Crippen LogP contribution in [0.25, 0.3) is 23.7 Å². The van der Waals surface area contributed by atoms with Crippen LogP contribution in [-0.2, 0) is 11.3 Å². The second-order valence-electron chi connectivity index (χ2n) is 9.86. The number of fused-ring (bicyclic) bond motifs is 1. The van der Waals surface area contributed by atoms with E-state index in [4.69, 9.17) is 14.7 Å². The van der Waals surface area contributed by atoms with Gasteiger partial charge in [-0.25, -0.2) is 19.9 Å². The van der Waals surface area contributed by atoms with Gasteiger partial charge in [0, 0.05) is 69.6 Å². The van der Waals surface area contributed by atoms with Crippen molar-refractivity contribution in [1.29, 1.82) is 0 Å². The van der Waals surface area contributed by atoms with E-state index in [1.54, 1.807) is 24.8 Å². The van der Waals surface area contributed by atoms with Gasteiger partial charge in [-0.1, -0.05) is 30.3 Å². The van der Waals surface area contributed by atoms with Gasteiger partial charge >= 0.3 is 0 Å². The Morgan fingerprint density at radius 3 is 2.56 bits per heavy atom. The number of hydrogen-bond acceptors (Lipinski definition) is 9. The maximum Gasteiger partial charge on any atom is 0.228 e. The zero-order valence-electron chi connectivity index (χ0n) is 22.1. The maximum absolute atomic E-state index is 6.51. The number of benzene rings is 1. The molecule has 0 amide bonds. The lowest BCUT2D eigenvalue weighted by atomic mass is 10.1. The van der Waals surface area contributed by atoms with E-state index in [0.29, 0.717) is 30.6 Å². The molecule has 1 fully saturated rings. The van der Waals surface area contributed by atoms with E-state index in [-0.39, 0.29) is 6.23 Å². The summed E-state index contributed by atoms with van der Waals surface area (Å²) in [5, 5.41) is 0. The van der Waals surface area contributed by atoms with Crippen LogP contribution in [-0.4, -0.2) is 81.1 Å². The minimum atomic E-state index is -0.237. The first-order valence-corrected chi connectivity index (χ1v) is 13.3. The van der Waals surface area contributed by atoms with Crippen molar-refractivity contribution in [2.75, 3.05) is 51.3 Å². The predicted molar refractivity (Wildman–Crippen MR) is 151 cm³/mol. The Labute approximate surface area is 228 Å². The molecule has 1 atom stereocenters. The number of pyridine rings is 1. The van der Waals surface area contributed by atoms with Crippen LogP contribution in [0.4, 0.5) is 5.95 Å². The lowest BCUT2D eigenvalue weighted by Gasteiger charge is -2.33. The van der Waals surface area contributed by atoms with Crippen molar-refractivity contribution in [3.63, 3.8) is 0 Å². The van der Waals surface area contributed by atoms with Gasteiger partial charge in [0.25, 0.3) is 0 Å². The topological polar surface area (TPSA) is 83.4 Å². The van der Waals surface area contributed by atoms with Crippen molar-refractivity contribution in [2.24, 2.45) is 0 Å². The molecule has 0 N–H and O–H groups in total. The van der Waals surface area contributed by atoms with E-state index in [1.165, 1.54) is 11.1 Å². The highest BCUT2D eigenvalue weighted by atomic mass is 16.5. The van der Waals surface area contributed by atoms with Crippen molar-refractivity contribution in [3.8, 4) is 11.5 Å². The molecule has 9 nitrogen and oxygen atoms in total. The Balaban J connectivity index is 1.20. The molecule has 0 spiro atoms. The monoisotopic (exact) mass is 520 g/mol. The molecule has 5 heterocycles. The molecule has 0 bridgehead atoms. The zero-order chi connectivity index (χ0) is 26.4. The van der Waals surface area contributed by atoms with Crippen LogP contribution in [0.2, 0.25) is 0 Å². The molecule has 2 aliphatic heterocycles. The van der Waals surface area contributed by atoms with Gasteiger partial charge in [-0.3, -0.25) is 9.88 Å². The Morgan fingerprint density at radius 2 is 1.69 bits per heavy atom. The third kappa shape index (κ3) is 6.01. The molecule has 0 radical (unpaired) electrons. The summed E-state index contributed by atoms with van der Waals surface area (Å²) >= 11 is 0. The summed E-state index contributed by atoms with van der Waals surface area (Å²) in [4.78, 5) is 29.8. The predicted octanol–water partition coefficient (Wildman–Crippen LogP) is 3.78. The van der Waals surface area contributed by atoms with Crippen LogP contribution in [0, 0.1) is 0 Å². The number of anilines is 1. The van der Waals surface area contributed by atoms with E-state index in [9.17, 15) is 0 Å². The van der Waals surface area contributed by atoms with Crippen molar-refractivity contribution < 1.29 is 4.74 Å². The number of nitrogens with zero attached hydrogens (tertiary/aromatic N) is 8. The first-order valence-electron chi connectivity index (χ1n) is 13.3. The number of likely N-dealkylation sites (N-methyl/N-ethyl adjacent to an activating group) is 1. The first kappa shape index (κ1) is 25.2.